The van der Waals surface area contributed by atoms with Crippen molar-refractivity contribution in [3.8, 4) is 0 Å². The Labute approximate surface area is 211 Å². The number of guanidine groups is 1. The maximum atomic E-state index is 13.2. The maximum Gasteiger partial charge on any atom is 0.416 e. The minimum atomic E-state index is -5.18. The summed E-state index contributed by atoms with van der Waals surface area (Å²) in [6.07, 6.45) is -11.5. The zero-order valence-electron chi connectivity index (χ0n) is 19.3. The van der Waals surface area contributed by atoms with Gasteiger partial charge in [0.25, 0.3) is 5.91 Å². The number of rotatable bonds is 8. The average Bonchev–Trinajstić information content (AvgIpc) is 3.33. The number of aliphatic imine (C=N–C) groups is 1. The van der Waals surface area contributed by atoms with Crippen molar-refractivity contribution in [1.29, 1.82) is 0 Å². The lowest BCUT2D eigenvalue weighted by Crippen LogP contribution is -2.40. The Morgan fingerprint density at radius 1 is 1.00 bits per heavy atom. The van der Waals surface area contributed by atoms with Gasteiger partial charge in [0.05, 0.1) is 30.3 Å². The van der Waals surface area contributed by atoms with Crippen LogP contribution in [0.25, 0.3) is 0 Å². The Bertz CT molecular complexity index is 1210. The van der Waals surface area contributed by atoms with Gasteiger partial charge in [0, 0.05) is 30.2 Å². The molecule has 3 rings (SSSR count). The summed E-state index contributed by atoms with van der Waals surface area (Å²) in [5.41, 5.74) is -3.48. The summed E-state index contributed by atoms with van der Waals surface area (Å²) in [7, 11) is 0. The van der Waals surface area contributed by atoms with E-state index in [1.807, 2.05) is 5.32 Å². The van der Waals surface area contributed by atoms with Crippen LogP contribution in [0.3, 0.4) is 0 Å². The molecular formula is C23H20F6N5O4-. The smallest absolute Gasteiger partial charge is 0.416 e. The van der Waals surface area contributed by atoms with Crippen molar-refractivity contribution in [1.82, 2.24) is 16.0 Å². The van der Waals surface area contributed by atoms with Crippen molar-refractivity contribution in [2.75, 3.05) is 25.0 Å². The van der Waals surface area contributed by atoms with Gasteiger partial charge >= 0.3 is 12.4 Å². The second kappa shape index (κ2) is 11.4. The third-order valence-electron chi connectivity index (χ3n) is 5.19. The highest BCUT2D eigenvalue weighted by Gasteiger charge is 2.37. The van der Waals surface area contributed by atoms with Gasteiger partial charge in [-0.2, -0.15) is 26.3 Å². The minimum absolute atomic E-state index is 0.125. The zero-order valence-corrected chi connectivity index (χ0v) is 19.3. The molecule has 1 heterocycles. The van der Waals surface area contributed by atoms with Crippen LogP contribution >= 0.6 is 0 Å². The van der Waals surface area contributed by atoms with E-state index in [-0.39, 0.29) is 11.6 Å². The highest BCUT2D eigenvalue weighted by atomic mass is 19.4. The van der Waals surface area contributed by atoms with E-state index >= 15 is 0 Å². The number of carbonyl (C=O) groups excluding carboxylic acids is 3. The lowest BCUT2D eigenvalue weighted by atomic mass is 9.97. The molecule has 1 unspecified atom stereocenters. The molecule has 2 aromatic carbocycles. The normalized spacial score (nSPS) is 14.2. The Kier molecular flexibility index (Phi) is 8.48. The molecule has 0 aliphatic carbocycles. The molecule has 0 bridgehead atoms. The van der Waals surface area contributed by atoms with Gasteiger partial charge in [-0.3, -0.25) is 14.6 Å². The molecule has 1 aliphatic rings. The van der Waals surface area contributed by atoms with Gasteiger partial charge in [0.1, 0.15) is 0 Å². The van der Waals surface area contributed by atoms with Gasteiger partial charge in [-0.25, -0.2) is 0 Å². The van der Waals surface area contributed by atoms with Crippen LogP contribution in [0, 0.1) is 0 Å². The number of carboxylic acid groups (broad SMARTS) is 1. The van der Waals surface area contributed by atoms with Gasteiger partial charge in [0.2, 0.25) is 5.91 Å². The topological polar surface area (TPSA) is 135 Å². The molecule has 4 N–H and O–H groups in total. The lowest BCUT2D eigenvalue weighted by molar-refractivity contribution is -0.306. The molecule has 2 amide bonds. The molecule has 0 fully saturated rings. The van der Waals surface area contributed by atoms with Crippen LogP contribution in [0.4, 0.5) is 32.0 Å². The van der Waals surface area contributed by atoms with Crippen LogP contribution in [0.2, 0.25) is 0 Å². The van der Waals surface area contributed by atoms with E-state index in [1.54, 1.807) is 12.1 Å². The van der Waals surface area contributed by atoms with E-state index in [0.717, 1.165) is 0 Å². The fraction of sp³-hybridized carbons (Fsp3) is 0.304. The number of nitrogens with zero attached hydrogens (tertiary/aromatic N) is 1. The Hall–Kier alpha value is -4.30. The number of carboxylic acids is 1. The molecule has 1 aliphatic heterocycles. The molecule has 0 aromatic heterocycles. The largest absolute Gasteiger partial charge is 0.550 e. The van der Waals surface area contributed by atoms with Gasteiger partial charge in [-0.05, 0) is 42.0 Å². The minimum Gasteiger partial charge on any atom is -0.550 e. The molecule has 15 heteroatoms. The second-order valence-electron chi connectivity index (χ2n) is 8.08. The molecule has 0 saturated carbocycles. The molecule has 2 aromatic rings. The number of carbonyl (C=O) groups is 3. The Morgan fingerprint density at radius 3 is 2.21 bits per heavy atom. The van der Waals surface area contributed by atoms with Crippen LogP contribution in [-0.4, -0.2) is 43.4 Å². The van der Waals surface area contributed by atoms with E-state index in [2.05, 4.69) is 20.9 Å². The lowest BCUT2D eigenvalue weighted by Gasteiger charge is -2.22. The van der Waals surface area contributed by atoms with E-state index in [1.165, 1.54) is 12.1 Å². The first kappa shape index (κ1) is 28.3. The molecule has 0 spiro atoms. The monoisotopic (exact) mass is 544 g/mol. The van der Waals surface area contributed by atoms with E-state index in [0.29, 0.717) is 36.9 Å². The third-order valence-corrected chi connectivity index (χ3v) is 5.19. The number of anilines is 1. The Morgan fingerprint density at radius 2 is 1.66 bits per heavy atom. The van der Waals surface area contributed by atoms with Crippen LogP contribution in [0.15, 0.2) is 47.5 Å². The first-order valence-electron chi connectivity index (χ1n) is 10.9. The predicted octanol–water partition coefficient (Wildman–Crippen LogP) is 1.82. The second-order valence-corrected chi connectivity index (χ2v) is 8.08. The van der Waals surface area contributed by atoms with E-state index in [4.69, 9.17) is 0 Å². The number of hydrogen-bond acceptors (Lipinski definition) is 7. The quantitative estimate of drug-likeness (QED) is 0.375. The van der Waals surface area contributed by atoms with Crippen molar-refractivity contribution < 1.29 is 45.8 Å². The third kappa shape index (κ3) is 7.85. The zero-order chi connectivity index (χ0) is 28.1. The van der Waals surface area contributed by atoms with Gasteiger partial charge < -0.3 is 31.2 Å². The van der Waals surface area contributed by atoms with Gasteiger partial charge in [-0.1, -0.05) is 6.07 Å². The summed E-state index contributed by atoms with van der Waals surface area (Å²) in [6, 6.07) is 4.78. The summed E-state index contributed by atoms with van der Waals surface area (Å²) in [5, 5.41) is 21.4. The molecule has 38 heavy (non-hydrogen) atoms. The highest BCUT2D eigenvalue weighted by Crippen LogP contribution is 2.37. The van der Waals surface area contributed by atoms with Crippen LogP contribution in [0.1, 0.15) is 39.5 Å². The summed E-state index contributed by atoms with van der Waals surface area (Å²) >= 11 is 0. The SMILES string of the molecule is O=C([O-])CC(NC(=O)CNC(=O)c1cccc(NC2=NCCN2)c1)c1cc(C(F)(F)F)cc(C(F)(F)F)c1. The van der Waals surface area contributed by atoms with Crippen molar-refractivity contribution in [3.05, 3.63) is 64.7 Å². The average molecular weight is 544 g/mol. The molecule has 0 saturated heterocycles. The highest BCUT2D eigenvalue weighted by molar-refractivity contribution is 5.99. The van der Waals surface area contributed by atoms with E-state index in [9.17, 15) is 45.8 Å². The van der Waals surface area contributed by atoms with Crippen LogP contribution in [0.5, 0.6) is 0 Å². The first-order chi connectivity index (χ1) is 17.7. The van der Waals surface area contributed by atoms with E-state index < -0.39 is 65.8 Å². The van der Waals surface area contributed by atoms with Crippen molar-refractivity contribution >= 4 is 29.4 Å². The predicted molar refractivity (Wildman–Crippen MR) is 120 cm³/mol. The summed E-state index contributed by atoms with van der Waals surface area (Å²) in [4.78, 5) is 40.1. The van der Waals surface area contributed by atoms with Crippen molar-refractivity contribution in [2.45, 2.75) is 24.8 Å². The number of benzene rings is 2. The molecular weight excluding hydrogens is 524 g/mol. The fourth-order valence-corrected chi connectivity index (χ4v) is 3.46. The molecule has 9 nitrogen and oxygen atoms in total. The summed E-state index contributed by atoms with van der Waals surface area (Å²) < 4.78 is 79.2. The molecule has 0 radical (unpaired) electrons. The van der Waals surface area contributed by atoms with Crippen molar-refractivity contribution in [2.24, 2.45) is 4.99 Å². The standard InChI is InChI=1S/C23H21F6N5O4/c24-22(25,26)14-6-13(7-15(9-14)23(27,28)29)17(10-19(36)37)34-18(35)11-32-20(38)12-2-1-3-16(8-12)33-21-30-4-5-31-21/h1-3,6-9,17H,4-5,10-11H2,(H,32,38)(H,34,35)(H,36,37)(H2,30,31,33)/p-1. The number of halogens is 6. The molecule has 1 atom stereocenters. The fourth-order valence-electron chi connectivity index (χ4n) is 3.46. The van der Waals surface area contributed by atoms with Crippen LogP contribution < -0.4 is 26.4 Å². The number of hydrogen-bond donors (Lipinski definition) is 4. The number of aliphatic carboxylic acids is 1. The molecule has 204 valence electrons. The Balaban J connectivity index is 1.72. The van der Waals surface area contributed by atoms with Crippen molar-refractivity contribution in [3.63, 3.8) is 0 Å². The summed E-state index contributed by atoms with van der Waals surface area (Å²) in [5.74, 6) is -3.12. The first-order valence-corrected chi connectivity index (χ1v) is 10.9. The van der Waals surface area contributed by atoms with Crippen LogP contribution in [-0.2, 0) is 21.9 Å². The number of alkyl halides is 6. The number of nitrogens with one attached hydrogen (secondary N) is 4. The number of amides is 2. The van der Waals surface area contributed by atoms with Gasteiger partial charge in [0.15, 0.2) is 5.96 Å². The maximum absolute atomic E-state index is 13.2. The summed E-state index contributed by atoms with van der Waals surface area (Å²) in [6.45, 7) is 0.475. The van der Waals surface area contributed by atoms with Gasteiger partial charge in [-0.15, -0.1) is 0 Å².